The van der Waals surface area contributed by atoms with E-state index in [1.165, 1.54) is 12.3 Å². The summed E-state index contributed by atoms with van der Waals surface area (Å²) in [6, 6.07) is 3.06. The third-order valence-corrected chi connectivity index (χ3v) is 1.37. The lowest BCUT2D eigenvalue weighted by atomic mass is 10.4. The van der Waals surface area contributed by atoms with Crippen LogP contribution in [0.25, 0.3) is 0 Å². The number of rotatable bonds is 2. The van der Waals surface area contributed by atoms with Gasteiger partial charge in [0, 0.05) is 12.6 Å². The topological polar surface area (TPSA) is 62.2 Å². The van der Waals surface area contributed by atoms with Gasteiger partial charge in [0.1, 0.15) is 0 Å². The van der Waals surface area contributed by atoms with Crippen LogP contribution in [-0.2, 0) is 4.79 Å². The van der Waals surface area contributed by atoms with Crippen molar-refractivity contribution in [2.45, 2.75) is 13.3 Å². The molecule has 0 aliphatic heterocycles. The van der Waals surface area contributed by atoms with Crippen molar-refractivity contribution in [3.8, 4) is 5.75 Å². The minimum atomic E-state index is -0.163. The molecule has 0 aliphatic rings. The van der Waals surface area contributed by atoms with Crippen molar-refractivity contribution < 1.29 is 9.90 Å². The molecule has 0 spiro atoms. The highest BCUT2D eigenvalue weighted by Crippen LogP contribution is 2.17. The first kappa shape index (κ1) is 8.52. The van der Waals surface area contributed by atoms with E-state index in [4.69, 9.17) is 0 Å². The number of aromatic hydroxyl groups is 1. The Morgan fingerprint density at radius 1 is 1.75 bits per heavy atom. The average molecular weight is 166 g/mol. The number of amides is 1. The lowest BCUT2D eigenvalue weighted by molar-refractivity contribution is -0.115. The molecule has 1 amide bonds. The van der Waals surface area contributed by atoms with Gasteiger partial charge in [-0.3, -0.25) is 4.79 Å². The number of hydrogen-bond donors (Lipinski definition) is 2. The van der Waals surface area contributed by atoms with Crippen molar-refractivity contribution in [3.63, 3.8) is 0 Å². The van der Waals surface area contributed by atoms with Crippen LogP contribution in [0.1, 0.15) is 13.3 Å². The summed E-state index contributed by atoms with van der Waals surface area (Å²) in [6.07, 6.45) is 1.88. The fourth-order valence-electron chi connectivity index (χ4n) is 0.714. The van der Waals surface area contributed by atoms with Crippen LogP contribution in [0.3, 0.4) is 0 Å². The minimum absolute atomic E-state index is 0.0145. The van der Waals surface area contributed by atoms with E-state index in [1.807, 2.05) is 0 Å². The lowest BCUT2D eigenvalue weighted by Gasteiger charge is -2.02. The van der Waals surface area contributed by atoms with E-state index >= 15 is 0 Å². The van der Waals surface area contributed by atoms with Crippen LogP contribution < -0.4 is 5.32 Å². The van der Waals surface area contributed by atoms with Gasteiger partial charge >= 0.3 is 0 Å². The number of nitrogens with one attached hydrogen (secondary N) is 1. The van der Waals surface area contributed by atoms with Crippen LogP contribution in [0, 0.1) is 0 Å². The van der Waals surface area contributed by atoms with Gasteiger partial charge in [0.05, 0.1) is 0 Å². The zero-order valence-electron chi connectivity index (χ0n) is 6.74. The van der Waals surface area contributed by atoms with E-state index in [-0.39, 0.29) is 17.5 Å². The summed E-state index contributed by atoms with van der Waals surface area (Å²) in [5.41, 5.74) is 0. The number of anilines is 1. The molecule has 0 radical (unpaired) electrons. The summed E-state index contributed by atoms with van der Waals surface area (Å²) in [4.78, 5) is 14.7. The second-order valence-electron chi connectivity index (χ2n) is 2.27. The van der Waals surface area contributed by atoms with Gasteiger partial charge in [-0.05, 0) is 12.1 Å². The maximum absolute atomic E-state index is 10.9. The smallest absolute Gasteiger partial charge is 0.225 e. The standard InChI is InChI=1S/C8H10N2O2/c1-2-7(12)10-8-6(11)4-3-5-9-8/h3-5,11H,2H2,1H3,(H,9,10,12). The predicted octanol–water partition coefficient (Wildman–Crippen LogP) is 1.14. The number of carbonyl (C=O) groups is 1. The Kier molecular flexibility index (Phi) is 2.63. The SMILES string of the molecule is CCC(=O)Nc1ncccc1O. The summed E-state index contributed by atoms with van der Waals surface area (Å²) in [5.74, 6) is 0.0349. The third-order valence-electron chi connectivity index (χ3n) is 1.37. The zero-order chi connectivity index (χ0) is 8.97. The van der Waals surface area contributed by atoms with Crippen LogP contribution in [0.4, 0.5) is 5.82 Å². The van der Waals surface area contributed by atoms with Crippen molar-refractivity contribution >= 4 is 11.7 Å². The molecule has 0 fully saturated rings. The maximum atomic E-state index is 10.9. The number of hydrogen-bond acceptors (Lipinski definition) is 3. The first-order valence-electron chi connectivity index (χ1n) is 3.68. The number of pyridine rings is 1. The van der Waals surface area contributed by atoms with Crippen LogP contribution in [-0.4, -0.2) is 16.0 Å². The van der Waals surface area contributed by atoms with E-state index in [0.717, 1.165) is 0 Å². The highest BCUT2D eigenvalue weighted by Gasteiger charge is 2.03. The van der Waals surface area contributed by atoms with E-state index < -0.39 is 0 Å². The van der Waals surface area contributed by atoms with E-state index in [9.17, 15) is 9.90 Å². The molecule has 4 nitrogen and oxygen atoms in total. The van der Waals surface area contributed by atoms with Crippen LogP contribution in [0.2, 0.25) is 0 Å². The normalized spacial score (nSPS) is 9.42. The molecular weight excluding hydrogens is 156 g/mol. The highest BCUT2D eigenvalue weighted by molar-refractivity contribution is 5.90. The number of nitrogens with zero attached hydrogens (tertiary/aromatic N) is 1. The Morgan fingerprint density at radius 2 is 2.50 bits per heavy atom. The quantitative estimate of drug-likeness (QED) is 0.692. The second kappa shape index (κ2) is 3.71. The molecule has 2 N–H and O–H groups in total. The van der Waals surface area contributed by atoms with Gasteiger partial charge in [-0.15, -0.1) is 0 Å². The Hall–Kier alpha value is -1.58. The Bertz CT molecular complexity index is 286. The Balaban J connectivity index is 2.75. The van der Waals surface area contributed by atoms with Crippen molar-refractivity contribution in [2.75, 3.05) is 5.32 Å². The summed E-state index contributed by atoms with van der Waals surface area (Å²) in [5, 5.41) is 11.6. The largest absolute Gasteiger partial charge is 0.504 e. The van der Waals surface area contributed by atoms with Gasteiger partial charge in [-0.1, -0.05) is 6.92 Å². The van der Waals surface area contributed by atoms with E-state index in [1.54, 1.807) is 13.0 Å². The second-order valence-corrected chi connectivity index (χ2v) is 2.27. The molecule has 0 unspecified atom stereocenters. The van der Waals surface area contributed by atoms with Crippen LogP contribution >= 0.6 is 0 Å². The van der Waals surface area contributed by atoms with Gasteiger partial charge in [-0.2, -0.15) is 0 Å². The Morgan fingerprint density at radius 3 is 3.08 bits per heavy atom. The first-order chi connectivity index (χ1) is 5.74. The molecule has 64 valence electrons. The fourth-order valence-corrected chi connectivity index (χ4v) is 0.714. The molecule has 0 saturated heterocycles. The van der Waals surface area contributed by atoms with Crippen molar-refractivity contribution in [3.05, 3.63) is 18.3 Å². The average Bonchev–Trinajstić information content (AvgIpc) is 2.09. The predicted molar refractivity (Wildman–Crippen MR) is 44.8 cm³/mol. The van der Waals surface area contributed by atoms with Crippen molar-refractivity contribution in [2.24, 2.45) is 0 Å². The Labute approximate surface area is 70.3 Å². The molecule has 1 rings (SSSR count). The first-order valence-corrected chi connectivity index (χ1v) is 3.68. The molecule has 0 aromatic carbocycles. The molecule has 1 heterocycles. The van der Waals surface area contributed by atoms with Gasteiger partial charge in [-0.25, -0.2) is 4.98 Å². The summed E-state index contributed by atoms with van der Waals surface area (Å²) >= 11 is 0. The van der Waals surface area contributed by atoms with Gasteiger partial charge < -0.3 is 10.4 Å². The molecule has 12 heavy (non-hydrogen) atoms. The van der Waals surface area contributed by atoms with Gasteiger partial charge in [0.25, 0.3) is 0 Å². The molecule has 1 aromatic heterocycles. The highest BCUT2D eigenvalue weighted by atomic mass is 16.3. The fraction of sp³-hybridized carbons (Fsp3) is 0.250. The van der Waals surface area contributed by atoms with Crippen LogP contribution in [0.15, 0.2) is 18.3 Å². The molecule has 0 saturated carbocycles. The molecule has 0 aliphatic carbocycles. The molecule has 1 aromatic rings. The molecule has 0 atom stereocenters. The third kappa shape index (κ3) is 1.95. The van der Waals surface area contributed by atoms with Crippen molar-refractivity contribution in [1.29, 1.82) is 0 Å². The summed E-state index contributed by atoms with van der Waals surface area (Å²) in [6.45, 7) is 1.73. The van der Waals surface area contributed by atoms with E-state index in [2.05, 4.69) is 10.3 Å². The molecule has 4 heteroatoms. The lowest BCUT2D eigenvalue weighted by Crippen LogP contribution is -2.10. The molecule has 0 bridgehead atoms. The summed E-state index contributed by atoms with van der Waals surface area (Å²) < 4.78 is 0. The van der Waals surface area contributed by atoms with E-state index in [0.29, 0.717) is 6.42 Å². The zero-order valence-corrected chi connectivity index (χ0v) is 6.74. The number of carbonyl (C=O) groups excluding carboxylic acids is 1. The van der Waals surface area contributed by atoms with Crippen LogP contribution in [0.5, 0.6) is 5.75 Å². The van der Waals surface area contributed by atoms with Crippen molar-refractivity contribution in [1.82, 2.24) is 4.98 Å². The number of aromatic nitrogens is 1. The molecular formula is C8H10N2O2. The van der Waals surface area contributed by atoms with Gasteiger partial charge in [0.2, 0.25) is 5.91 Å². The summed E-state index contributed by atoms with van der Waals surface area (Å²) in [7, 11) is 0. The van der Waals surface area contributed by atoms with Gasteiger partial charge in [0.15, 0.2) is 11.6 Å². The monoisotopic (exact) mass is 166 g/mol. The maximum Gasteiger partial charge on any atom is 0.225 e. The minimum Gasteiger partial charge on any atom is -0.504 e.